The van der Waals surface area contributed by atoms with E-state index in [9.17, 15) is 13.9 Å². The summed E-state index contributed by atoms with van der Waals surface area (Å²) in [6.45, 7) is 0.208. The van der Waals surface area contributed by atoms with E-state index in [1.54, 1.807) is 0 Å². The average Bonchev–Trinajstić information content (AvgIpc) is 2.82. The third-order valence-corrected chi connectivity index (χ3v) is 4.85. The van der Waals surface area contributed by atoms with E-state index >= 15 is 0 Å². The van der Waals surface area contributed by atoms with Crippen LogP contribution >= 0.6 is 0 Å². The van der Waals surface area contributed by atoms with Crippen molar-refractivity contribution in [2.45, 2.75) is 31.3 Å². The molecule has 0 heterocycles. The van der Waals surface area contributed by atoms with Crippen LogP contribution in [0.15, 0.2) is 18.2 Å². The maximum Gasteiger partial charge on any atom is 0.126 e. The summed E-state index contributed by atoms with van der Waals surface area (Å²) >= 11 is 0. The van der Waals surface area contributed by atoms with Crippen LogP contribution in [0.1, 0.15) is 30.7 Å². The van der Waals surface area contributed by atoms with E-state index in [0.29, 0.717) is 17.4 Å². The van der Waals surface area contributed by atoms with Crippen molar-refractivity contribution < 1.29 is 13.9 Å². The van der Waals surface area contributed by atoms with Crippen molar-refractivity contribution in [1.82, 2.24) is 0 Å². The Morgan fingerprint density at radius 2 is 1.74 bits per heavy atom. The van der Waals surface area contributed by atoms with Crippen molar-refractivity contribution in [2.75, 3.05) is 6.54 Å². The van der Waals surface area contributed by atoms with Crippen molar-refractivity contribution >= 4 is 0 Å². The van der Waals surface area contributed by atoms with Gasteiger partial charge in [0.05, 0.1) is 6.10 Å². The molecule has 4 heteroatoms. The van der Waals surface area contributed by atoms with Crippen molar-refractivity contribution in [1.29, 1.82) is 0 Å². The Hall–Kier alpha value is -1.00. The summed E-state index contributed by atoms with van der Waals surface area (Å²) in [6, 6.07) is 3.40. The molecule has 2 aliphatic rings. The maximum absolute atomic E-state index is 13.3. The minimum atomic E-state index is -0.614. The highest BCUT2D eigenvalue weighted by molar-refractivity contribution is 5.25. The van der Waals surface area contributed by atoms with Crippen molar-refractivity contribution in [2.24, 2.45) is 23.5 Å². The first kappa shape index (κ1) is 13.0. The second-order valence-electron chi connectivity index (χ2n) is 5.87. The minimum absolute atomic E-state index is 0.208. The summed E-state index contributed by atoms with van der Waals surface area (Å²) < 4.78 is 26.5. The van der Waals surface area contributed by atoms with Crippen LogP contribution in [0, 0.1) is 29.4 Å². The van der Waals surface area contributed by atoms with E-state index in [-0.39, 0.29) is 18.4 Å². The van der Waals surface area contributed by atoms with Crippen LogP contribution in [0.3, 0.4) is 0 Å². The molecule has 0 bridgehead atoms. The molecule has 4 unspecified atom stereocenters. The number of aliphatic hydroxyl groups is 1. The highest BCUT2D eigenvalue weighted by Gasteiger charge is 2.56. The molecule has 3 N–H and O–H groups in total. The van der Waals surface area contributed by atoms with Gasteiger partial charge in [0.25, 0.3) is 0 Å². The molecule has 2 fully saturated rings. The van der Waals surface area contributed by atoms with Crippen LogP contribution in [0.2, 0.25) is 0 Å². The van der Waals surface area contributed by atoms with Crippen LogP contribution in [0.4, 0.5) is 8.78 Å². The minimum Gasteiger partial charge on any atom is -0.392 e. The standard InChI is InChI=1S/C15H19F2NO/c16-9-4-8(5-10(17)6-9)13(7-18)15(19)14-11-2-1-3-12(11)14/h4-6,11-15,19H,1-3,7,18H2. The number of hydrogen-bond donors (Lipinski definition) is 2. The Bertz CT molecular complexity index is 449. The lowest BCUT2D eigenvalue weighted by atomic mass is 9.88. The predicted octanol–water partition coefficient (Wildman–Crippen LogP) is 2.41. The second kappa shape index (κ2) is 4.84. The highest BCUT2D eigenvalue weighted by Crippen LogP contribution is 2.60. The van der Waals surface area contributed by atoms with E-state index < -0.39 is 17.7 Å². The number of benzene rings is 1. The maximum atomic E-state index is 13.3. The first-order valence-corrected chi connectivity index (χ1v) is 6.96. The van der Waals surface area contributed by atoms with Crippen LogP contribution < -0.4 is 5.73 Å². The fourth-order valence-electron chi connectivity index (χ4n) is 3.91. The van der Waals surface area contributed by atoms with E-state index in [4.69, 9.17) is 5.73 Å². The normalized spacial score (nSPS) is 31.9. The fraction of sp³-hybridized carbons (Fsp3) is 0.600. The van der Waals surface area contributed by atoms with E-state index in [2.05, 4.69) is 0 Å². The zero-order chi connectivity index (χ0) is 13.6. The Morgan fingerprint density at radius 1 is 1.16 bits per heavy atom. The number of nitrogens with two attached hydrogens (primary N) is 1. The van der Waals surface area contributed by atoms with Crippen LogP contribution in [-0.4, -0.2) is 17.8 Å². The highest BCUT2D eigenvalue weighted by atomic mass is 19.1. The van der Waals surface area contributed by atoms with Gasteiger partial charge in [-0.25, -0.2) is 8.78 Å². The molecule has 3 rings (SSSR count). The lowest BCUT2D eigenvalue weighted by Crippen LogP contribution is -2.29. The molecule has 0 aromatic heterocycles. The Kier molecular flexibility index (Phi) is 3.31. The van der Waals surface area contributed by atoms with Crippen molar-refractivity contribution in [3.8, 4) is 0 Å². The van der Waals surface area contributed by atoms with Gasteiger partial charge in [-0.1, -0.05) is 6.42 Å². The zero-order valence-electron chi connectivity index (χ0n) is 10.7. The van der Waals surface area contributed by atoms with Crippen molar-refractivity contribution in [3.05, 3.63) is 35.4 Å². The number of halogens is 2. The van der Waals surface area contributed by atoms with Gasteiger partial charge in [0.15, 0.2) is 0 Å². The van der Waals surface area contributed by atoms with Gasteiger partial charge >= 0.3 is 0 Å². The van der Waals surface area contributed by atoms with E-state index in [0.717, 1.165) is 6.07 Å². The Morgan fingerprint density at radius 3 is 2.26 bits per heavy atom. The first-order chi connectivity index (χ1) is 9.11. The second-order valence-corrected chi connectivity index (χ2v) is 5.87. The molecular weight excluding hydrogens is 248 g/mol. The summed E-state index contributed by atoms with van der Waals surface area (Å²) in [5, 5.41) is 10.5. The van der Waals surface area contributed by atoms with Gasteiger partial charge in [0.1, 0.15) is 11.6 Å². The summed E-state index contributed by atoms with van der Waals surface area (Å²) in [5.74, 6) is -0.132. The molecule has 0 amide bonds. The van der Waals surface area contributed by atoms with E-state index in [1.807, 2.05) is 0 Å². The van der Waals surface area contributed by atoms with Crippen LogP contribution in [-0.2, 0) is 0 Å². The molecule has 1 aromatic rings. The largest absolute Gasteiger partial charge is 0.392 e. The third-order valence-electron chi connectivity index (χ3n) is 4.85. The zero-order valence-corrected chi connectivity index (χ0v) is 10.7. The molecule has 104 valence electrons. The predicted molar refractivity (Wildman–Crippen MR) is 68.5 cm³/mol. The van der Waals surface area contributed by atoms with Gasteiger partial charge in [-0.3, -0.25) is 0 Å². The SMILES string of the molecule is NCC(c1cc(F)cc(F)c1)C(O)C1C2CCCC21. The van der Waals surface area contributed by atoms with Crippen LogP contribution in [0.25, 0.3) is 0 Å². The topological polar surface area (TPSA) is 46.2 Å². The molecule has 0 saturated heterocycles. The monoisotopic (exact) mass is 267 g/mol. The molecular formula is C15H19F2NO. The van der Waals surface area contributed by atoms with Gasteiger partial charge in [-0.05, 0) is 48.3 Å². The molecule has 0 radical (unpaired) electrons. The molecule has 2 saturated carbocycles. The fourth-order valence-corrected chi connectivity index (χ4v) is 3.91. The smallest absolute Gasteiger partial charge is 0.126 e. The molecule has 0 spiro atoms. The van der Waals surface area contributed by atoms with Gasteiger partial charge < -0.3 is 10.8 Å². The molecule has 2 aliphatic carbocycles. The van der Waals surface area contributed by atoms with Crippen molar-refractivity contribution in [3.63, 3.8) is 0 Å². The van der Waals surface area contributed by atoms with Crippen LogP contribution in [0.5, 0.6) is 0 Å². The Balaban J connectivity index is 1.80. The average molecular weight is 267 g/mol. The lowest BCUT2D eigenvalue weighted by Gasteiger charge is -2.23. The third kappa shape index (κ3) is 2.28. The summed E-state index contributed by atoms with van der Waals surface area (Å²) in [6.07, 6.45) is 2.99. The van der Waals surface area contributed by atoms with Gasteiger partial charge in [-0.15, -0.1) is 0 Å². The van der Waals surface area contributed by atoms with Gasteiger partial charge in [0, 0.05) is 18.5 Å². The van der Waals surface area contributed by atoms with E-state index in [1.165, 1.54) is 31.4 Å². The number of fused-ring (bicyclic) bond motifs is 1. The summed E-state index contributed by atoms with van der Waals surface area (Å²) in [5.41, 5.74) is 6.19. The molecule has 1 aromatic carbocycles. The molecule has 0 aliphatic heterocycles. The van der Waals surface area contributed by atoms with Gasteiger partial charge in [-0.2, -0.15) is 0 Å². The molecule has 4 atom stereocenters. The number of hydrogen-bond acceptors (Lipinski definition) is 2. The Labute approximate surface area is 111 Å². The first-order valence-electron chi connectivity index (χ1n) is 6.96. The lowest BCUT2D eigenvalue weighted by molar-refractivity contribution is 0.108. The van der Waals surface area contributed by atoms with Gasteiger partial charge in [0.2, 0.25) is 0 Å². The molecule has 2 nitrogen and oxygen atoms in total. The quantitative estimate of drug-likeness (QED) is 0.880. The summed E-state index contributed by atoms with van der Waals surface area (Å²) in [4.78, 5) is 0. The number of aliphatic hydroxyl groups excluding tert-OH is 1. The number of rotatable bonds is 4. The summed E-state index contributed by atoms with van der Waals surface area (Å²) in [7, 11) is 0. The molecule has 19 heavy (non-hydrogen) atoms.